The van der Waals surface area contributed by atoms with Crippen molar-refractivity contribution in [1.29, 1.82) is 0 Å². The predicted molar refractivity (Wildman–Crippen MR) is 99.1 cm³/mol. The summed E-state index contributed by atoms with van der Waals surface area (Å²) in [5.41, 5.74) is 1.58. The van der Waals surface area contributed by atoms with E-state index in [1.165, 1.54) is 18.2 Å². The van der Waals surface area contributed by atoms with Gasteiger partial charge in [0.05, 0.1) is 5.56 Å². The first kappa shape index (κ1) is 18.4. The van der Waals surface area contributed by atoms with E-state index in [1.54, 1.807) is 39.0 Å². The molecule has 0 atom stereocenters. The molecule has 0 spiro atoms. The van der Waals surface area contributed by atoms with Gasteiger partial charge in [0.1, 0.15) is 4.90 Å². The number of halogens is 1. The van der Waals surface area contributed by atoms with Crippen LogP contribution in [0.1, 0.15) is 40.1 Å². The first-order valence-electron chi connectivity index (χ1n) is 7.93. The van der Waals surface area contributed by atoms with E-state index in [9.17, 15) is 18.0 Å². The Morgan fingerprint density at radius 3 is 2.46 bits per heavy atom. The molecule has 1 N–H and O–H groups in total. The summed E-state index contributed by atoms with van der Waals surface area (Å²) in [4.78, 5) is 24.7. The van der Waals surface area contributed by atoms with Gasteiger partial charge in [-0.1, -0.05) is 11.6 Å². The molecule has 3 rings (SSSR count). The van der Waals surface area contributed by atoms with Gasteiger partial charge < -0.3 is 5.32 Å². The average molecular weight is 393 g/mol. The molecule has 0 aliphatic carbocycles. The molecular formula is C18H17ClN2O4S. The highest BCUT2D eigenvalue weighted by molar-refractivity contribution is 7.90. The maximum Gasteiger partial charge on any atom is 0.269 e. The maximum atomic E-state index is 12.6. The van der Waals surface area contributed by atoms with Crippen LogP contribution in [0.3, 0.4) is 0 Å². The smallest absolute Gasteiger partial charge is 0.269 e. The lowest BCUT2D eigenvalue weighted by atomic mass is 10.1. The Balaban J connectivity index is 1.97. The monoisotopic (exact) mass is 392 g/mol. The predicted octanol–water partition coefficient (Wildman–Crippen LogP) is 3.45. The molecule has 2 aromatic carbocycles. The number of hydrogen-bond acceptors (Lipinski definition) is 4. The summed E-state index contributed by atoms with van der Waals surface area (Å²) in [5.74, 6) is -1.04. The van der Waals surface area contributed by atoms with Crippen molar-refractivity contribution in [1.82, 2.24) is 4.31 Å². The molecule has 0 saturated carbocycles. The molecule has 0 fully saturated rings. The van der Waals surface area contributed by atoms with E-state index in [1.807, 2.05) is 0 Å². The second-order valence-corrected chi connectivity index (χ2v) is 8.54. The Kier molecular flexibility index (Phi) is 4.54. The van der Waals surface area contributed by atoms with Crippen LogP contribution in [0.25, 0.3) is 0 Å². The van der Waals surface area contributed by atoms with Crippen LogP contribution in [0.5, 0.6) is 0 Å². The second kappa shape index (κ2) is 6.41. The topological polar surface area (TPSA) is 83.6 Å². The highest BCUT2D eigenvalue weighted by Gasteiger charge is 2.42. The first-order chi connectivity index (χ1) is 12.1. The molecule has 0 bridgehead atoms. The fourth-order valence-corrected chi connectivity index (χ4v) is 4.88. The van der Waals surface area contributed by atoms with Crippen LogP contribution >= 0.6 is 11.6 Å². The van der Waals surface area contributed by atoms with Crippen LogP contribution in [0, 0.1) is 6.92 Å². The van der Waals surface area contributed by atoms with Crippen molar-refractivity contribution in [2.75, 3.05) is 5.32 Å². The van der Waals surface area contributed by atoms with Crippen molar-refractivity contribution in [2.45, 2.75) is 31.7 Å². The number of benzene rings is 2. The van der Waals surface area contributed by atoms with E-state index in [4.69, 9.17) is 11.6 Å². The third kappa shape index (κ3) is 2.97. The van der Waals surface area contributed by atoms with Crippen LogP contribution in [0.2, 0.25) is 5.02 Å². The number of nitrogens with zero attached hydrogens (tertiary/aromatic N) is 1. The number of anilines is 1. The minimum absolute atomic E-state index is 0.0814. The SMILES string of the molecule is Cc1cc(Cl)ccc1NC(=O)c1ccc2c(c1)S(=O)(=O)N(C(C)C)C2=O. The van der Waals surface area contributed by atoms with Gasteiger partial charge in [0.15, 0.2) is 0 Å². The molecule has 0 aromatic heterocycles. The Hall–Kier alpha value is -2.38. The second-order valence-electron chi connectivity index (χ2n) is 6.32. The van der Waals surface area contributed by atoms with Gasteiger partial charge in [-0.05, 0) is 62.7 Å². The molecule has 6 nitrogen and oxygen atoms in total. The Labute approximate surface area is 156 Å². The van der Waals surface area contributed by atoms with E-state index in [2.05, 4.69) is 5.32 Å². The number of carbonyl (C=O) groups excluding carboxylic acids is 2. The number of rotatable bonds is 3. The van der Waals surface area contributed by atoms with E-state index in [-0.39, 0.29) is 16.0 Å². The largest absolute Gasteiger partial charge is 0.322 e. The zero-order valence-corrected chi connectivity index (χ0v) is 16.0. The molecule has 1 heterocycles. The zero-order valence-electron chi connectivity index (χ0n) is 14.4. The number of sulfonamides is 1. The van der Waals surface area contributed by atoms with E-state index in [0.717, 1.165) is 9.87 Å². The summed E-state index contributed by atoms with van der Waals surface area (Å²) in [6.07, 6.45) is 0. The molecule has 136 valence electrons. The number of fused-ring (bicyclic) bond motifs is 1. The number of aryl methyl sites for hydroxylation is 1. The molecule has 2 amide bonds. The average Bonchev–Trinajstić information content (AvgIpc) is 2.76. The van der Waals surface area contributed by atoms with Gasteiger partial charge >= 0.3 is 0 Å². The lowest BCUT2D eigenvalue weighted by Crippen LogP contribution is -2.36. The van der Waals surface area contributed by atoms with Crippen molar-refractivity contribution in [3.8, 4) is 0 Å². The normalized spacial score (nSPS) is 15.3. The molecule has 2 aromatic rings. The summed E-state index contributed by atoms with van der Waals surface area (Å²) in [6, 6.07) is 8.58. The first-order valence-corrected chi connectivity index (χ1v) is 9.75. The highest BCUT2D eigenvalue weighted by Crippen LogP contribution is 2.32. The van der Waals surface area contributed by atoms with Gasteiger partial charge in [-0.25, -0.2) is 12.7 Å². The van der Waals surface area contributed by atoms with Crippen molar-refractivity contribution < 1.29 is 18.0 Å². The van der Waals surface area contributed by atoms with Gasteiger partial charge in [0.25, 0.3) is 21.8 Å². The Morgan fingerprint density at radius 1 is 1.15 bits per heavy atom. The maximum absolute atomic E-state index is 12.6. The lowest BCUT2D eigenvalue weighted by Gasteiger charge is -2.18. The summed E-state index contributed by atoms with van der Waals surface area (Å²) in [6.45, 7) is 5.05. The molecule has 26 heavy (non-hydrogen) atoms. The molecule has 1 aliphatic rings. The van der Waals surface area contributed by atoms with Crippen LogP contribution in [-0.4, -0.2) is 30.6 Å². The summed E-state index contributed by atoms with van der Waals surface area (Å²) in [7, 11) is -3.95. The van der Waals surface area contributed by atoms with Crippen LogP contribution in [0.4, 0.5) is 5.69 Å². The van der Waals surface area contributed by atoms with E-state index < -0.39 is 27.9 Å². The Bertz CT molecular complexity index is 1030. The third-order valence-electron chi connectivity index (χ3n) is 4.12. The van der Waals surface area contributed by atoms with Crippen molar-refractivity contribution in [3.63, 3.8) is 0 Å². The zero-order chi connectivity index (χ0) is 19.2. The van der Waals surface area contributed by atoms with Crippen molar-refractivity contribution >= 4 is 39.1 Å². The fourth-order valence-electron chi connectivity index (χ4n) is 2.86. The van der Waals surface area contributed by atoms with Gasteiger partial charge in [0.2, 0.25) is 0 Å². The van der Waals surface area contributed by atoms with Gasteiger partial charge in [-0.2, -0.15) is 0 Å². The summed E-state index contributed by atoms with van der Waals surface area (Å²) in [5, 5.41) is 3.28. The molecule has 0 saturated heterocycles. The minimum Gasteiger partial charge on any atom is -0.322 e. The molecule has 0 radical (unpaired) electrons. The molecule has 1 aliphatic heterocycles. The summed E-state index contributed by atoms with van der Waals surface area (Å²) >= 11 is 5.90. The summed E-state index contributed by atoms with van der Waals surface area (Å²) < 4.78 is 26.1. The van der Waals surface area contributed by atoms with Gasteiger partial charge in [-0.3, -0.25) is 9.59 Å². The quantitative estimate of drug-likeness (QED) is 0.867. The van der Waals surface area contributed by atoms with Crippen LogP contribution in [0.15, 0.2) is 41.3 Å². The van der Waals surface area contributed by atoms with Gasteiger partial charge in [0, 0.05) is 22.3 Å². The highest BCUT2D eigenvalue weighted by atomic mass is 35.5. The standard InChI is InChI=1S/C18H17ClN2O4S/c1-10(2)21-18(23)14-6-4-12(9-16(14)26(21,24)25)17(22)20-15-7-5-13(19)8-11(15)3/h4-10H,1-3H3,(H,20,22). The Morgan fingerprint density at radius 2 is 1.85 bits per heavy atom. The van der Waals surface area contributed by atoms with E-state index in [0.29, 0.717) is 10.7 Å². The van der Waals surface area contributed by atoms with Crippen LogP contribution < -0.4 is 5.32 Å². The number of nitrogens with one attached hydrogen (secondary N) is 1. The fraction of sp³-hybridized carbons (Fsp3) is 0.222. The third-order valence-corrected chi connectivity index (χ3v) is 6.35. The van der Waals surface area contributed by atoms with Crippen molar-refractivity contribution in [3.05, 3.63) is 58.1 Å². The van der Waals surface area contributed by atoms with Crippen LogP contribution in [-0.2, 0) is 10.0 Å². The van der Waals surface area contributed by atoms with E-state index >= 15 is 0 Å². The lowest BCUT2D eigenvalue weighted by molar-refractivity contribution is 0.0846. The van der Waals surface area contributed by atoms with Crippen molar-refractivity contribution in [2.24, 2.45) is 0 Å². The number of amides is 2. The molecular weight excluding hydrogens is 376 g/mol. The van der Waals surface area contributed by atoms with Gasteiger partial charge in [-0.15, -0.1) is 0 Å². The molecule has 0 unspecified atom stereocenters. The number of hydrogen-bond donors (Lipinski definition) is 1. The molecule has 8 heteroatoms. The number of carbonyl (C=O) groups is 2. The minimum atomic E-state index is -3.95.